The predicted molar refractivity (Wildman–Crippen MR) is 212 cm³/mol. The van der Waals surface area contributed by atoms with Crippen LogP contribution in [0.25, 0.3) is 6.08 Å². The molecule has 0 aromatic carbocycles. The maximum absolute atomic E-state index is 14.4. The second-order valence-corrected chi connectivity index (χ2v) is 17.0. The highest BCUT2D eigenvalue weighted by Gasteiger charge is 2.57. The number of fused-ring (bicyclic) bond motifs is 1. The number of pyridine rings is 1. The van der Waals surface area contributed by atoms with Crippen LogP contribution in [-0.4, -0.2) is 118 Å². The second-order valence-electron chi connectivity index (χ2n) is 15.8. The first-order valence-corrected chi connectivity index (χ1v) is 20.1. The molecule has 4 rings (SSSR count). The zero-order chi connectivity index (χ0) is 41.0. The van der Waals surface area contributed by atoms with Crippen molar-refractivity contribution < 1.29 is 48.0 Å². The average molecular weight is 854 g/mol. The summed E-state index contributed by atoms with van der Waals surface area (Å²) in [4.78, 5) is 62.4. The molecule has 1 unspecified atom stereocenters. The van der Waals surface area contributed by atoms with Crippen LogP contribution in [0, 0.1) is 23.7 Å². The summed E-state index contributed by atoms with van der Waals surface area (Å²) in [5.41, 5.74) is -2.11. The molecule has 0 bridgehead atoms. The number of thiocarbonyl (C=S) groups is 1. The number of aliphatic hydroxyl groups excluding tert-OH is 1. The Balaban J connectivity index is 1.77. The third kappa shape index (κ3) is 10.3. The van der Waals surface area contributed by atoms with Gasteiger partial charge in [-0.25, -0.2) is 9.78 Å². The number of aliphatic hydroxyl groups is 1. The molecule has 3 saturated heterocycles. The number of nitrogens with one attached hydrogen (secondary N) is 2. The Morgan fingerprint density at radius 2 is 1.84 bits per heavy atom. The fourth-order valence-electron chi connectivity index (χ4n) is 8.16. The number of cyclic esters (lactones) is 1. The molecule has 3 fully saturated rings. The van der Waals surface area contributed by atoms with Gasteiger partial charge in [-0.1, -0.05) is 45.9 Å². The van der Waals surface area contributed by atoms with Gasteiger partial charge < -0.3 is 44.3 Å². The van der Waals surface area contributed by atoms with E-state index in [9.17, 15) is 24.3 Å². The molecule has 14 nitrogen and oxygen atoms in total. The van der Waals surface area contributed by atoms with Gasteiger partial charge in [-0.05, 0) is 101 Å². The Bertz CT molecular complexity index is 1600. The number of nitrogens with zero attached hydrogens (tertiary/aromatic N) is 2. The summed E-state index contributed by atoms with van der Waals surface area (Å²) in [6.07, 6.45) is 0.177. The number of halogens is 1. The summed E-state index contributed by atoms with van der Waals surface area (Å²) in [6, 6.07) is 2.60. The van der Waals surface area contributed by atoms with E-state index in [1.165, 1.54) is 6.92 Å². The van der Waals surface area contributed by atoms with E-state index in [-0.39, 0.29) is 36.1 Å². The number of ether oxygens (including phenoxy) is 5. The molecule has 3 aliphatic rings. The third-order valence-corrected chi connectivity index (χ3v) is 11.9. The summed E-state index contributed by atoms with van der Waals surface area (Å²) in [5.74, 6) is -5.44. The van der Waals surface area contributed by atoms with E-state index in [1.807, 2.05) is 38.9 Å². The summed E-state index contributed by atoms with van der Waals surface area (Å²) in [6.45, 7) is 13.6. The Morgan fingerprint density at radius 3 is 2.45 bits per heavy atom. The minimum Gasteiger partial charge on any atom is -0.459 e. The number of hydrogen-bond donors (Lipinski definition) is 3. The van der Waals surface area contributed by atoms with Crippen molar-refractivity contribution in [1.29, 1.82) is 0 Å². The van der Waals surface area contributed by atoms with E-state index in [1.54, 1.807) is 59.0 Å². The van der Waals surface area contributed by atoms with Gasteiger partial charge in [0, 0.05) is 36.5 Å². The molecule has 3 N–H and O–H groups in total. The molecular formula is C39H57BrN4O10S. The standard InChI is InChI=1S/C39H57BrN4O10S/c1-11-27-39(8)32(43-37(55)54-39)22(4)29(45)20(2)18-38(7,53-36(49)41-16-12-13-25-14-15-28(40)42-19-25)33(23(5)30(46)24(6)34(48)51-27)52-35-31(47)26(44(9)10)17-21(3)50-35/h12-15,19-24,26-27,31-33,35,47H,11,16-18H2,1-10H3,(H,41,49)(H,43,55)/b13-12+/t20-,21-,22+,23+,24-,26+,27-,31-,32-,33?,35+,38-,39-/m1/s1. The normalized spacial score (nSPS) is 37.8. The number of ketones is 2. The number of carbonyl (C=O) groups is 4. The summed E-state index contributed by atoms with van der Waals surface area (Å²) in [7, 11) is 3.67. The van der Waals surface area contributed by atoms with Gasteiger partial charge >= 0.3 is 12.1 Å². The Kier molecular flexibility index (Phi) is 15.0. The summed E-state index contributed by atoms with van der Waals surface area (Å²) in [5, 5.41) is 17.4. The van der Waals surface area contributed by atoms with E-state index in [0.29, 0.717) is 17.4 Å². The fourth-order valence-corrected chi connectivity index (χ4v) is 8.70. The monoisotopic (exact) mass is 852 g/mol. The highest BCUT2D eigenvalue weighted by atomic mass is 79.9. The zero-order valence-electron chi connectivity index (χ0n) is 33.4. The number of carbonyl (C=O) groups excluding carboxylic acids is 4. The number of aromatic nitrogens is 1. The molecule has 4 heterocycles. The van der Waals surface area contributed by atoms with Crippen LogP contribution in [0.4, 0.5) is 4.79 Å². The molecule has 0 radical (unpaired) electrons. The van der Waals surface area contributed by atoms with Gasteiger partial charge in [0.25, 0.3) is 5.17 Å². The lowest BCUT2D eigenvalue weighted by atomic mass is 9.73. The molecule has 16 heteroatoms. The van der Waals surface area contributed by atoms with Crippen LogP contribution < -0.4 is 10.6 Å². The van der Waals surface area contributed by atoms with Crippen molar-refractivity contribution in [3.05, 3.63) is 34.6 Å². The van der Waals surface area contributed by atoms with Gasteiger partial charge in [-0.3, -0.25) is 14.4 Å². The van der Waals surface area contributed by atoms with E-state index in [2.05, 4.69) is 31.5 Å². The summed E-state index contributed by atoms with van der Waals surface area (Å²) >= 11 is 8.71. The smallest absolute Gasteiger partial charge is 0.408 e. The van der Waals surface area contributed by atoms with Crippen molar-refractivity contribution >= 4 is 63.0 Å². The van der Waals surface area contributed by atoms with Crippen molar-refractivity contribution in [3.8, 4) is 0 Å². The quantitative estimate of drug-likeness (QED) is 0.143. The molecule has 55 heavy (non-hydrogen) atoms. The maximum atomic E-state index is 14.4. The number of Topliss-reactive ketones (excluding diaryl/α,β-unsaturated/α-hetero) is 2. The number of esters is 1. The first-order chi connectivity index (χ1) is 25.7. The molecule has 3 aliphatic heterocycles. The van der Waals surface area contributed by atoms with Gasteiger partial charge in [0.15, 0.2) is 17.7 Å². The first-order valence-electron chi connectivity index (χ1n) is 18.9. The van der Waals surface area contributed by atoms with Crippen molar-refractivity contribution in [1.82, 2.24) is 20.5 Å². The molecule has 0 saturated carbocycles. The van der Waals surface area contributed by atoms with Crippen LogP contribution in [0.15, 0.2) is 29.0 Å². The Morgan fingerprint density at radius 1 is 1.15 bits per heavy atom. The molecule has 13 atom stereocenters. The van der Waals surface area contributed by atoms with Crippen LogP contribution in [0.2, 0.25) is 0 Å². The van der Waals surface area contributed by atoms with Crippen LogP contribution in [0.3, 0.4) is 0 Å². The predicted octanol–water partition coefficient (Wildman–Crippen LogP) is 4.59. The van der Waals surface area contributed by atoms with Gasteiger partial charge in [-0.2, -0.15) is 0 Å². The molecular weight excluding hydrogens is 796 g/mol. The van der Waals surface area contributed by atoms with Gasteiger partial charge in [0.05, 0.1) is 12.1 Å². The van der Waals surface area contributed by atoms with Gasteiger partial charge in [0.1, 0.15) is 40.2 Å². The van der Waals surface area contributed by atoms with E-state index >= 15 is 0 Å². The Labute approximate surface area is 337 Å². The highest BCUT2D eigenvalue weighted by Crippen LogP contribution is 2.40. The molecule has 1 amide bonds. The highest BCUT2D eigenvalue weighted by molar-refractivity contribution is 9.10. The first kappa shape index (κ1) is 44.7. The topological polar surface area (TPSA) is 175 Å². The van der Waals surface area contributed by atoms with Gasteiger partial charge in [-0.15, -0.1) is 0 Å². The van der Waals surface area contributed by atoms with E-state index in [0.717, 1.165) is 5.56 Å². The molecule has 1 aromatic rings. The minimum absolute atomic E-state index is 0.0661. The van der Waals surface area contributed by atoms with E-state index < -0.39 is 83.4 Å². The molecule has 0 aliphatic carbocycles. The Hall–Kier alpha value is -3.02. The average Bonchev–Trinajstić information content (AvgIpc) is 3.44. The molecule has 1 aromatic heterocycles. The van der Waals surface area contributed by atoms with Crippen LogP contribution in [0.5, 0.6) is 0 Å². The fraction of sp³-hybridized carbons (Fsp3) is 0.692. The number of alkyl carbamates (subject to hydrolysis) is 1. The number of amides is 1. The number of hydrogen-bond acceptors (Lipinski definition) is 13. The maximum Gasteiger partial charge on any atom is 0.408 e. The SMILES string of the molecule is CC[C@H]1OC(=O)[C@H](C)C(=O)[C@H](C)C(O[C@@H]2O[C@H](C)C[C@H](N(C)C)[C@H]2O)[C@](C)(OC(=O)NC/C=C/c2ccc(Br)nc2)C[C@@H](C)C(=O)[C@H](C)[C@H]2NC(=S)O[C@@]21C. The van der Waals surface area contributed by atoms with Crippen LogP contribution in [-0.2, 0) is 38.1 Å². The molecule has 0 spiro atoms. The van der Waals surface area contributed by atoms with Crippen molar-refractivity contribution in [2.24, 2.45) is 23.7 Å². The molecule has 306 valence electrons. The lowest BCUT2D eigenvalue weighted by Crippen LogP contribution is -2.60. The minimum atomic E-state index is -1.69. The van der Waals surface area contributed by atoms with Crippen molar-refractivity contribution in [2.75, 3.05) is 20.6 Å². The van der Waals surface area contributed by atoms with Crippen LogP contribution in [0.1, 0.15) is 80.2 Å². The largest absolute Gasteiger partial charge is 0.459 e. The second kappa shape index (κ2) is 18.5. The van der Waals surface area contributed by atoms with Crippen molar-refractivity contribution in [2.45, 2.75) is 129 Å². The number of rotatable bonds is 8. The van der Waals surface area contributed by atoms with Crippen LogP contribution >= 0.6 is 28.1 Å². The third-order valence-electron chi connectivity index (χ3n) is 11.2. The van der Waals surface area contributed by atoms with Crippen molar-refractivity contribution in [3.63, 3.8) is 0 Å². The lowest BCUT2D eigenvalue weighted by molar-refractivity contribution is -0.292. The lowest BCUT2D eigenvalue weighted by Gasteiger charge is -2.47. The summed E-state index contributed by atoms with van der Waals surface area (Å²) < 4.78 is 31.8. The number of likely N-dealkylation sites (N-methyl/N-ethyl adjacent to an activating group) is 1. The van der Waals surface area contributed by atoms with E-state index in [4.69, 9.17) is 35.9 Å². The van der Waals surface area contributed by atoms with Gasteiger partial charge in [0.2, 0.25) is 0 Å². The zero-order valence-corrected chi connectivity index (χ0v) is 35.8.